The van der Waals surface area contributed by atoms with E-state index in [1.54, 1.807) is 30.3 Å². The molecule has 0 heterocycles. The number of amides is 1. The number of rotatable bonds is 8. The van der Waals surface area contributed by atoms with E-state index in [0.29, 0.717) is 10.6 Å². The maximum atomic E-state index is 12.1. The van der Waals surface area contributed by atoms with E-state index in [0.717, 1.165) is 0 Å². The third kappa shape index (κ3) is 5.55. The molecule has 0 saturated heterocycles. The summed E-state index contributed by atoms with van der Waals surface area (Å²) in [6.45, 7) is -0.190. The molecule has 2 aromatic rings. The molecular formula is C17H17ClN2O5S. The molecule has 0 aliphatic carbocycles. The number of primary amides is 1. The van der Waals surface area contributed by atoms with E-state index < -0.39 is 28.0 Å². The van der Waals surface area contributed by atoms with Crippen molar-refractivity contribution in [3.05, 3.63) is 65.2 Å². The molecule has 0 aliphatic heterocycles. The number of nitrogens with one attached hydrogen (secondary N) is 1. The lowest BCUT2D eigenvalue weighted by Crippen LogP contribution is -2.29. The van der Waals surface area contributed by atoms with Gasteiger partial charge in [0.25, 0.3) is 5.91 Å². The van der Waals surface area contributed by atoms with Crippen LogP contribution in [0, 0.1) is 0 Å². The Balaban J connectivity index is 1.91. The minimum absolute atomic E-state index is 0.0227. The highest BCUT2D eigenvalue weighted by Gasteiger charge is 2.22. The smallest absolute Gasteiger partial charge is 0.308 e. The lowest BCUT2D eigenvalue weighted by Gasteiger charge is -2.15. The first-order valence-corrected chi connectivity index (χ1v) is 9.44. The summed E-state index contributed by atoms with van der Waals surface area (Å²) in [5.74, 6) is -1.57. The number of ether oxygens (including phenoxy) is 1. The number of benzene rings is 2. The van der Waals surface area contributed by atoms with E-state index >= 15 is 0 Å². The van der Waals surface area contributed by atoms with Crippen molar-refractivity contribution in [2.24, 2.45) is 5.73 Å². The second-order valence-electron chi connectivity index (χ2n) is 5.28. The average molecular weight is 397 g/mol. The van der Waals surface area contributed by atoms with Crippen molar-refractivity contribution in [2.45, 2.75) is 17.4 Å². The number of esters is 1. The van der Waals surface area contributed by atoms with Gasteiger partial charge in [0, 0.05) is 17.1 Å². The van der Waals surface area contributed by atoms with Gasteiger partial charge in [0.1, 0.15) is 0 Å². The van der Waals surface area contributed by atoms with Crippen LogP contribution in [0.2, 0.25) is 5.02 Å². The highest BCUT2D eigenvalue weighted by Crippen LogP contribution is 2.17. The van der Waals surface area contributed by atoms with Crippen LogP contribution in [-0.2, 0) is 24.3 Å². The number of carbonyl (C=O) groups excluding carboxylic acids is 2. The van der Waals surface area contributed by atoms with E-state index in [9.17, 15) is 18.0 Å². The highest BCUT2D eigenvalue weighted by atomic mass is 35.5. The number of halogens is 1. The topological polar surface area (TPSA) is 116 Å². The van der Waals surface area contributed by atoms with Crippen LogP contribution < -0.4 is 10.5 Å². The van der Waals surface area contributed by atoms with Gasteiger partial charge < -0.3 is 10.5 Å². The number of nitrogens with two attached hydrogens (primary N) is 1. The summed E-state index contributed by atoms with van der Waals surface area (Å²) in [6, 6.07) is 13.9. The fraction of sp³-hybridized carbons (Fsp3) is 0.176. The molecule has 0 saturated carbocycles. The molecule has 0 aliphatic rings. The first kappa shape index (κ1) is 19.9. The van der Waals surface area contributed by atoms with Crippen LogP contribution in [0.15, 0.2) is 59.5 Å². The van der Waals surface area contributed by atoms with E-state index in [1.807, 2.05) is 0 Å². The molecule has 0 radical (unpaired) electrons. The summed E-state index contributed by atoms with van der Waals surface area (Å²) in [5, 5.41) is 0.408. The molecule has 138 valence electrons. The van der Waals surface area contributed by atoms with Crippen LogP contribution in [0.3, 0.4) is 0 Å². The molecular weight excluding hydrogens is 380 g/mol. The van der Waals surface area contributed by atoms with Crippen molar-refractivity contribution in [1.29, 1.82) is 0 Å². The van der Waals surface area contributed by atoms with Crippen molar-refractivity contribution in [3.63, 3.8) is 0 Å². The molecule has 2 aromatic carbocycles. The lowest BCUT2D eigenvalue weighted by molar-refractivity contribution is -0.155. The van der Waals surface area contributed by atoms with Gasteiger partial charge in [-0.15, -0.1) is 0 Å². The Kier molecular flexibility index (Phi) is 6.73. The summed E-state index contributed by atoms with van der Waals surface area (Å²) < 4.78 is 31.5. The Hall–Kier alpha value is -2.42. The molecule has 0 aromatic heterocycles. The number of hydrogen-bond donors (Lipinski definition) is 2. The second-order valence-corrected chi connectivity index (χ2v) is 7.49. The molecule has 1 atom stereocenters. The van der Waals surface area contributed by atoms with Gasteiger partial charge in [0.2, 0.25) is 16.1 Å². The number of hydrogen-bond acceptors (Lipinski definition) is 5. The maximum absolute atomic E-state index is 12.1. The zero-order valence-corrected chi connectivity index (χ0v) is 15.2. The summed E-state index contributed by atoms with van der Waals surface area (Å²) in [6.07, 6.45) is -1.49. The molecule has 7 nitrogen and oxygen atoms in total. The third-order valence-corrected chi connectivity index (χ3v) is 5.08. The molecule has 9 heteroatoms. The minimum Gasteiger partial charge on any atom is -0.447 e. The summed E-state index contributed by atoms with van der Waals surface area (Å²) in [5.41, 5.74) is 5.70. The molecule has 3 N–H and O–H groups in total. The fourth-order valence-corrected chi connectivity index (χ4v) is 3.25. The number of sulfonamides is 1. The largest absolute Gasteiger partial charge is 0.447 e. The van der Waals surface area contributed by atoms with Crippen LogP contribution in [0.5, 0.6) is 0 Å². The SMILES string of the molecule is NC(=O)C(OC(=O)CCNS(=O)(=O)c1ccc(Cl)cc1)c1ccccc1. The van der Waals surface area contributed by atoms with Gasteiger partial charge in [-0.05, 0) is 24.3 Å². The van der Waals surface area contributed by atoms with Gasteiger partial charge >= 0.3 is 5.97 Å². The van der Waals surface area contributed by atoms with Crippen LogP contribution in [-0.4, -0.2) is 26.8 Å². The highest BCUT2D eigenvalue weighted by molar-refractivity contribution is 7.89. The van der Waals surface area contributed by atoms with E-state index in [4.69, 9.17) is 22.1 Å². The van der Waals surface area contributed by atoms with Crippen molar-refractivity contribution in [3.8, 4) is 0 Å². The van der Waals surface area contributed by atoms with Gasteiger partial charge in [-0.3, -0.25) is 9.59 Å². The average Bonchev–Trinajstić information content (AvgIpc) is 2.60. The lowest BCUT2D eigenvalue weighted by atomic mass is 10.1. The maximum Gasteiger partial charge on any atom is 0.308 e. The molecule has 0 fully saturated rings. The zero-order valence-electron chi connectivity index (χ0n) is 13.6. The molecule has 1 amide bonds. The Morgan fingerprint density at radius 1 is 1.08 bits per heavy atom. The Morgan fingerprint density at radius 3 is 2.27 bits per heavy atom. The summed E-state index contributed by atoms with van der Waals surface area (Å²) in [4.78, 5) is 23.4. The monoisotopic (exact) mass is 396 g/mol. The number of carbonyl (C=O) groups is 2. The Labute approximate surface area is 156 Å². The quantitative estimate of drug-likeness (QED) is 0.660. The van der Waals surface area contributed by atoms with Crippen molar-refractivity contribution < 1.29 is 22.7 Å². The van der Waals surface area contributed by atoms with Crippen LogP contribution in [0.25, 0.3) is 0 Å². The zero-order chi connectivity index (χ0) is 19.2. The van der Waals surface area contributed by atoms with E-state index in [-0.39, 0.29) is 17.9 Å². The Bertz CT molecular complexity index is 870. The van der Waals surface area contributed by atoms with Crippen LogP contribution >= 0.6 is 11.6 Å². The standard InChI is InChI=1S/C17H17ClN2O5S/c18-13-6-8-14(9-7-13)26(23,24)20-11-10-15(21)25-16(17(19)22)12-4-2-1-3-5-12/h1-9,16,20H,10-11H2,(H2,19,22). The van der Waals surface area contributed by atoms with Crippen molar-refractivity contribution >= 4 is 33.5 Å². The van der Waals surface area contributed by atoms with Crippen LogP contribution in [0.4, 0.5) is 0 Å². The first-order valence-electron chi connectivity index (χ1n) is 7.58. The van der Waals surface area contributed by atoms with Gasteiger partial charge in [-0.2, -0.15) is 0 Å². The third-order valence-electron chi connectivity index (χ3n) is 3.36. The normalized spacial score (nSPS) is 12.3. The fourth-order valence-electron chi connectivity index (χ4n) is 2.09. The molecule has 0 spiro atoms. The molecule has 0 bridgehead atoms. The van der Waals surface area contributed by atoms with Crippen molar-refractivity contribution in [1.82, 2.24) is 4.72 Å². The van der Waals surface area contributed by atoms with Gasteiger partial charge in [0.05, 0.1) is 11.3 Å². The summed E-state index contributed by atoms with van der Waals surface area (Å²) in [7, 11) is -3.78. The predicted molar refractivity (Wildman–Crippen MR) is 95.7 cm³/mol. The van der Waals surface area contributed by atoms with E-state index in [2.05, 4.69) is 4.72 Å². The summed E-state index contributed by atoms with van der Waals surface area (Å²) >= 11 is 5.72. The van der Waals surface area contributed by atoms with Crippen LogP contribution in [0.1, 0.15) is 18.1 Å². The van der Waals surface area contributed by atoms with Gasteiger partial charge in [-0.25, -0.2) is 13.1 Å². The van der Waals surface area contributed by atoms with E-state index in [1.165, 1.54) is 24.3 Å². The minimum atomic E-state index is -3.78. The first-order chi connectivity index (χ1) is 12.3. The van der Waals surface area contributed by atoms with Gasteiger partial charge in [0.15, 0.2) is 0 Å². The van der Waals surface area contributed by atoms with Crippen molar-refractivity contribution in [2.75, 3.05) is 6.54 Å². The molecule has 1 unspecified atom stereocenters. The Morgan fingerprint density at radius 2 is 1.69 bits per heavy atom. The van der Waals surface area contributed by atoms with Gasteiger partial charge in [-0.1, -0.05) is 41.9 Å². The predicted octanol–water partition coefficient (Wildman–Crippen LogP) is 1.78. The molecule has 26 heavy (non-hydrogen) atoms. The molecule has 2 rings (SSSR count). The second kappa shape index (κ2) is 8.79.